The van der Waals surface area contributed by atoms with Crippen LogP contribution >= 0.6 is 0 Å². The molecule has 18 heavy (non-hydrogen) atoms. The van der Waals surface area contributed by atoms with Gasteiger partial charge in [-0.15, -0.1) is 0 Å². The summed E-state index contributed by atoms with van der Waals surface area (Å²) < 4.78 is 5.22. The molecule has 2 amide bonds. The Hall–Kier alpha value is -1.56. The Balaban J connectivity index is 2.30. The molecule has 0 aliphatic heterocycles. The molecule has 0 saturated heterocycles. The summed E-state index contributed by atoms with van der Waals surface area (Å²) in [5, 5.41) is 14.7. The lowest BCUT2D eigenvalue weighted by atomic mass is 10.0. The van der Waals surface area contributed by atoms with Gasteiger partial charge in [0, 0.05) is 6.54 Å². The second-order valence-corrected chi connectivity index (χ2v) is 4.64. The SMILES string of the molecule is Cc1nc(NC(=O)NCCC(O)C(C)C)oc1C. The van der Waals surface area contributed by atoms with Crippen LogP contribution in [0.4, 0.5) is 10.8 Å². The molecule has 6 nitrogen and oxygen atoms in total. The van der Waals surface area contributed by atoms with E-state index in [-0.39, 0.29) is 18.0 Å². The number of aliphatic hydroxyl groups excluding tert-OH is 1. The first-order valence-corrected chi connectivity index (χ1v) is 6.07. The molecule has 102 valence electrons. The van der Waals surface area contributed by atoms with Gasteiger partial charge in [0.05, 0.1) is 11.8 Å². The lowest BCUT2D eigenvalue weighted by Crippen LogP contribution is -2.32. The zero-order valence-corrected chi connectivity index (χ0v) is 11.3. The van der Waals surface area contributed by atoms with Gasteiger partial charge < -0.3 is 14.8 Å². The standard InChI is InChI=1S/C12H21N3O3/c1-7(2)10(16)5-6-13-11(17)15-12-14-8(3)9(4)18-12/h7,10,16H,5-6H2,1-4H3,(H2,13,14,15,17). The normalized spacial score (nSPS) is 12.6. The molecule has 0 aliphatic carbocycles. The largest absolute Gasteiger partial charge is 0.428 e. The number of rotatable bonds is 5. The number of oxazole rings is 1. The Morgan fingerprint density at radius 3 is 2.61 bits per heavy atom. The predicted molar refractivity (Wildman–Crippen MR) is 68.5 cm³/mol. The van der Waals surface area contributed by atoms with Gasteiger partial charge in [-0.3, -0.25) is 5.32 Å². The summed E-state index contributed by atoms with van der Waals surface area (Å²) in [4.78, 5) is 15.5. The zero-order valence-electron chi connectivity index (χ0n) is 11.3. The Bertz CT molecular complexity index is 382. The summed E-state index contributed by atoms with van der Waals surface area (Å²) in [6, 6.07) is -0.195. The highest BCUT2D eigenvalue weighted by Gasteiger charge is 2.11. The lowest BCUT2D eigenvalue weighted by Gasteiger charge is -2.14. The first-order valence-electron chi connectivity index (χ1n) is 6.07. The molecule has 1 unspecified atom stereocenters. The molecule has 1 atom stereocenters. The number of hydrogen-bond acceptors (Lipinski definition) is 4. The molecular weight excluding hydrogens is 234 g/mol. The molecule has 6 heteroatoms. The number of carbonyl (C=O) groups is 1. The average Bonchev–Trinajstić information content (AvgIpc) is 2.57. The van der Waals surface area contributed by atoms with Crippen molar-refractivity contribution in [2.24, 2.45) is 5.92 Å². The van der Waals surface area contributed by atoms with Crippen LogP contribution in [0.3, 0.4) is 0 Å². The topological polar surface area (TPSA) is 87.4 Å². The number of aliphatic hydroxyl groups is 1. The van der Waals surface area contributed by atoms with Crippen molar-refractivity contribution in [1.29, 1.82) is 0 Å². The van der Waals surface area contributed by atoms with Gasteiger partial charge in [-0.25, -0.2) is 4.79 Å². The van der Waals surface area contributed by atoms with Crippen LogP contribution in [0.25, 0.3) is 0 Å². The van der Waals surface area contributed by atoms with Crippen molar-refractivity contribution in [3.05, 3.63) is 11.5 Å². The summed E-state index contributed by atoms with van der Waals surface area (Å²) in [5.74, 6) is 0.868. The average molecular weight is 255 g/mol. The number of aromatic nitrogens is 1. The maximum Gasteiger partial charge on any atom is 0.322 e. The van der Waals surface area contributed by atoms with E-state index < -0.39 is 6.10 Å². The Morgan fingerprint density at radius 2 is 2.11 bits per heavy atom. The minimum Gasteiger partial charge on any atom is -0.428 e. The molecule has 0 aliphatic rings. The fourth-order valence-corrected chi connectivity index (χ4v) is 1.33. The molecule has 0 saturated carbocycles. The Morgan fingerprint density at radius 1 is 1.44 bits per heavy atom. The minimum atomic E-state index is -0.406. The fraction of sp³-hybridized carbons (Fsp3) is 0.667. The molecule has 0 aromatic carbocycles. The number of amides is 2. The quantitative estimate of drug-likeness (QED) is 0.749. The van der Waals surface area contributed by atoms with E-state index in [0.717, 1.165) is 5.69 Å². The van der Waals surface area contributed by atoms with E-state index >= 15 is 0 Å². The number of anilines is 1. The van der Waals surface area contributed by atoms with Crippen molar-refractivity contribution in [3.8, 4) is 0 Å². The second kappa shape index (κ2) is 6.39. The van der Waals surface area contributed by atoms with E-state index in [4.69, 9.17) is 4.42 Å². The number of urea groups is 1. The maximum atomic E-state index is 11.5. The van der Waals surface area contributed by atoms with Gasteiger partial charge in [-0.05, 0) is 26.2 Å². The van der Waals surface area contributed by atoms with E-state index in [0.29, 0.717) is 18.7 Å². The smallest absolute Gasteiger partial charge is 0.322 e. The van der Waals surface area contributed by atoms with Gasteiger partial charge in [0.1, 0.15) is 5.76 Å². The summed E-state index contributed by atoms with van der Waals surface area (Å²) >= 11 is 0. The number of nitrogens with zero attached hydrogens (tertiary/aromatic N) is 1. The molecule has 1 aromatic rings. The second-order valence-electron chi connectivity index (χ2n) is 4.64. The Kier molecular flexibility index (Phi) is 5.15. The molecule has 0 fully saturated rings. The van der Waals surface area contributed by atoms with Crippen molar-refractivity contribution in [2.75, 3.05) is 11.9 Å². The van der Waals surface area contributed by atoms with Crippen molar-refractivity contribution >= 4 is 12.0 Å². The van der Waals surface area contributed by atoms with Crippen LogP contribution in [0.15, 0.2) is 4.42 Å². The minimum absolute atomic E-state index is 0.187. The molecule has 0 radical (unpaired) electrons. The number of carbonyl (C=O) groups excluding carboxylic acids is 1. The third-order valence-electron chi connectivity index (χ3n) is 2.74. The van der Waals surface area contributed by atoms with Gasteiger partial charge >= 0.3 is 12.0 Å². The van der Waals surface area contributed by atoms with Crippen LogP contribution < -0.4 is 10.6 Å². The maximum absolute atomic E-state index is 11.5. The van der Waals surface area contributed by atoms with E-state index in [1.54, 1.807) is 13.8 Å². The highest BCUT2D eigenvalue weighted by molar-refractivity contribution is 5.86. The van der Waals surface area contributed by atoms with Crippen molar-refractivity contribution in [3.63, 3.8) is 0 Å². The summed E-state index contributed by atoms with van der Waals surface area (Å²) in [6.07, 6.45) is 0.117. The van der Waals surface area contributed by atoms with Gasteiger partial charge in [0.25, 0.3) is 0 Å². The van der Waals surface area contributed by atoms with Gasteiger partial charge in [0.15, 0.2) is 0 Å². The van der Waals surface area contributed by atoms with Crippen LogP contribution in [-0.4, -0.2) is 28.8 Å². The van der Waals surface area contributed by atoms with Crippen molar-refractivity contribution in [2.45, 2.75) is 40.2 Å². The van der Waals surface area contributed by atoms with E-state index in [1.807, 2.05) is 13.8 Å². The van der Waals surface area contributed by atoms with Gasteiger partial charge in [-0.1, -0.05) is 13.8 Å². The molecule has 1 heterocycles. The van der Waals surface area contributed by atoms with Crippen molar-refractivity contribution < 1.29 is 14.3 Å². The Labute approximate surface area is 107 Å². The van der Waals surface area contributed by atoms with Crippen LogP contribution in [0, 0.1) is 19.8 Å². The van der Waals surface area contributed by atoms with Gasteiger partial charge in [-0.2, -0.15) is 4.98 Å². The molecule has 0 spiro atoms. The predicted octanol–water partition coefficient (Wildman–Crippen LogP) is 1.82. The van der Waals surface area contributed by atoms with Crippen LogP contribution in [0.2, 0.25) is 0 Å². The molecule has 1 aromatic heterocycles. The van der Waals surface area contributed by atoms with Gasteiger partial charge in [0.2, 0.25) is 0 Å². The molecule has 1 rings (SSSR count). The van der Waals surface area contributed by atoms with E-state index in [2.05, 4.69) is 15.6 Å². The zero-order chi connectivity index (χ0) is 13.7. The first-order chi connectivity index (χ1) is 8.40. The lowest BCUT2D eigenvalue weighted by molar-refractivity contribution is 0.117. The van der Waals surface area contributed by atoms with Crippen LogP contribution in [-0.2, 0) is 0 Å². The fourth-order valence-electron chi connectivity index (χ4n) is 1.33. The highest BCUT2D eigenvalue weighted by Crippen LogP contribution is 2.12. The monoisotopic (exact) mass is 255 g/mol. The van der Waals surface area contributed by atoms with Crippen LogP contribution in [0.1, 0.15) is 31.7 Å². The summed E-state index contributed by atoms with van der Waals surface area (Å²) in [5.41, 5.74) is 0.750. The van der Waals surface area contributed by atoms with Crippen molar-refractivity contribution in [1.82, 2.24) is 10.3 Å². The van der Waals surface area contributed by atoms with E-state index in [1.165, 1.54) is 0 Å². The summed E-state index contributed by atoms with van der Waals surface area (Å²) in [6.45, 7) is 7.86. The third-order valence-corrected chi connectivity index (χ3v) is 2.74. The first kappa shape index (κ1) is 14.5. The molecule has 3 N–H and O–H groups in total. The highest BCUT2D eigenvalue weighted by atomic mass is 16.4. The van der Waals surface area contributed by atoms with Crippen LogP contribution in [0.5, 0.6) is 0 Å². The number of aryl methyl sites for hydroxylation is 2. The molecule has 0 bridgehead atoms. The van der Waals surface area contributed by atoms with E-state index in [9.17, 15) is 9.90 Å². The third kappa shape index (κ3) is 4.37. The number of hydrogen-bond donors (Lipinski definition) is 3. The molecular formula is C12H21N3O3. The number of nitrogens with one attached hydrogen (secondary N) is 2. The summed E-state index contributed by atoms with van der Waals surface area (Å²) in [7, 11) is 0.